The Kier molecular flexibility index (Phi) is 3.20. The van der Waals surface area contributed by atoms with E-state index >= 15 is 0 Å². The van der Waals surface area contributed by atoms with Crippen LogP contribution >= 0.6 is 0 Å². The second-order valence-electron chi connectivity index (χ2n) is 5.37. The molecular weight excluding hydrogens is 212 g/mol. The van der Waals surface area contributed by atoms with Crippen molar-refractivity contribution in [2.75, 3.05) is 0 Å². The van der Waals surface area contributed by atoms with E-state index in [0.717, 1.165) is 24.8 Å². The summed E-state index contributed by atoms with van der Waals surface area (Å²) in [4.78, 5) is 11.0. The molecule has 1 saturated carbocycles. The standard InChI is InChI=1S/C14H20N2O/c1-10(13(15)17)7-11-3-2-4-12(8-11)9-14(16)5-6-14/h2-4,8,10H,5-7,9,16H2,1H3,(H2,15,17). The minimum absolute atomic E-state index is 0.0356. The third kappa shape index (κ3) is 3.30. The van der Waals surface area contributed by atoms with Crippen molar-refractivity contribution in [3.63, 3.8) is 0 Å². The second kappa shape index (κ2) is 4.49. The minimum atomic E-state index is -0.243. The van der Waals surface area contributed by atoms with Gasteiger partial charge >= 0.3 is 0 Å². The zero-order valence-electron chi connectivity index (χ0n) is 10.3. The lowest BCUT2D eigenvalue weighted by Gasteiger charge is -2.11. The van der Waals surface area contributed by atoms with Crippen molar-refractivity contribution in [1.82, 2.24) is 0 Å². The van der Waals surface area contributed by atoms with Gasteiger partial charge in [0.1, 0.15) is 0 Å². The van der Waals surface area contributed by atoms with E-state index in [1.54, 1.807) is 0 Å². The van der Waals surface area contributed by atoms with E-state index in [9.17, 15) is 4.79 Å². The molecule has 1 aromatic carbocycles. The Hall–Kier alpha value is -1.35. The van der Waals surface area contributed by atoms with E-state index in [2.05, 4.69) is 12.1 Å². The van der Waals surface area contributed by atoms with Gasteiger partial charge < -0.3 is 11.5 Å². The fourth-order valence-corrected chi connectivity index (χ4v) is 2.06. The first kappa shape index (κ1) is 12.1. The highest BCUT2D eigenvalue weighted by Crippen LogP contribution is 2.35. The summed E-state index contributed by atoms with van der Waals surface area (Å²) in [5.41, 5.74) is 13.8. The zero-order chi connectivity index (χ0) is 12.5. The summed E-state index contributed by atoms with van der Waals surface area (Å²) in [7, 11) is 0. The molecule has 0 aliphatic heterocycles. The third-order valence-electron chi connectivity index (χ3n) is 3.47. The van der Waals surface area contributed by atoms with Gasteiger partial charge in [-0.05, 0) is 36.8 Å². The van der Waals surface area contributed by atoms with Gasteiger partial charge in [0.15, 0.2) is 0 Å². The molecule has 1 unspecified atom stereocenters. The van der Waals surface area contributed by atoms with E-state index in [0.29, 0.717) is 6.42 Å². The lowest BCUT2D eigenvalue weighted by Crippen LogP contribution is -2.24. The topological polar surface area (TPSA) is 69.1 Å². The van der Waals surface area contributed by atoms with E-state index in [1.165, 1.54) is 5.56 Å². The van der Waals surface area contributed by atoms with Crippen LogP contribution in [0.25, 0.3) is 0 Å². The van der Waals surface area contributed by atoms with Crippen molar-refractivity contribution in [2.24, 2.45) is 17.4 Å². The van der Waals surface area contributed by atoms with Gasteiger partial charge in [0, 0.05) is 11.5 Å². The van der Waals surface area contributed by atoms with Crippen LogP contribution in [-0.2, 0) is 17.6 Å². The SMILES string of the molecule is CC(Cc1cccc(CC2(N)CC2)c1)C(N)=O. The maximum absolute atomic E-state index is 11.0. The van der Waals surface area contributed by atoms with E-state index < -0.39 is 0 Å². The number of hydrogen-bond acceptors (Lipinski definition) is 2. The average molecular weight is 232 g/mol. The predicted octanol–water partition coefficient (Wildman–Crippen LogP) is 1.38. The van der Waals surface area contributed by atoms with Gasteiger partial charge in [0.05, 0.1) is 0 Å². The highest BCUT2D eigenvalue weighted by atomic mass is 16.1. The van der Waals surface area contributed by atoms with Crippen molar-refractivity contribution in [2.45, 2.75) is 38.1 Å². The van der Waals surface area contributed by atoms with Crippen molar-refractivity contribution in [1.29, 1.82) is 0 Å². The molecule has 1 fully saturated rings. The van der Waals surface area contributed by atoms with Gasteiger partial charge in [0.25, 0.3) is 0 Å². The molecule has 1 atom stereocenters. The Balaban J connectivity index is 2.03. The molecule has 17 heavy (non-hydrogen) atoms. The van der Waals surface area contributed by atoms with E-state index in [-0.39, 0.29) is 17.4 Å². The van der Waals surface area contributed by atoms with Crippen molar-refractivity contribution in [3.8, 4) is 0 Å². The molecule has 4 N–H and O–H groups in total. The first-order chi connectivity index (χ1) is 7.98. The van der Waals surface area contributed by atoms with Crippen LogP contribution < -0.4 is 11.5 Å². The highest BCUT2D eigenvalue weighted by molar-refractivity contribution is 5.76. The first-order valence-electron chi connectivity index (χ1n) is 6.14. The molecule has 0 aromatic heterocycles. The van der Waals surface area contributed by atoms with Crippen molar-refractivity contribution < 1.29 is 4.79 Å². The summed E-state index contributed by atoms with van der Waals surface area (Å²) >= 11 is 0. The van der Waals surface area contributed by atoms with E-state index in [4.69, 9.17) is 11.5 Å². The summed E-state index contributed by atoms with van der Waals surface area (Å²) in [6.45, 7) is 1.86. The quantitative estimate of drug-likeness (QED) is 0.805. The summed E-state index contributed by atoms with van der Waals surface area (Å²) in [5.74, 6) is -0.356. The molecule has 3 nitrogen and oxygen atoms in total. The first-order valence-corrected chi connectivity index (χ1v) is 6.14. The third-order valence-corrected chi connectivity index (χ3v) is 3.47. The molecule has 0 saturated heterocycles. The summed E-state index contributed by atoms with van der Waals surface area (Å²) in [6.07, 6.45) is 3.89. The normalized spacial score (nSPS) is 18.7. The number of primary amides is 1. The fourth-order valence-electron chi connectivity index (χ4n) is 2.06. The molecule has 92 valence electrons. The molecule has 1 aliphatic carbocycles. The highest BCUT2D eigenvalue weighted by Gasteiger charge is 2.37. The minimum Gasteiger partial charge on any atom is -0.369 e. The molecule has 2 rings (SSSR count). The summed E-state index contributed by atoms with van der Waals surface area (Å²) in [6, 6.07) is 8.32. The van der Waals surface area contributed by atoms with Gasteiger partial charge in [0.2, 0.25) is 5.91 Å². The van der Waals surface area contributed by atoms with Gasteiger partial charge in [-0.3, -0.25) is 4.79 Å². The fraction of sp³-hybridized carbons (Fsp3) is 0.500. The van der Waals surface area contributed by atoms with Gasteiger partial charge in [-0.2, -0.15) is 0 Å². The monoisotopic (exact) mass is 232 g/mol. The molecule has 1 aliphatic rings. The lowest BCUT2D eigenvalue weighted by molar-refractivity contribution is -0.121. The smallest absolute Gasteiger partial charge is 0.220 e. The average Bonchev–Trinajstić information content (AvgIpc) is 2.96. The molecule has 1 amide bonds. The number of carbonyl (C=O) groups excluding carboxylic acids is 1. The Labute approximate surface area is 102 Å². The number of carbonyl (C=O) groups is 1. The van der Waals surface area contributed by atoms with Crippen LogP contribution in [0.15, 0.2) is 24.3 Å². The number of benzene rings is 1. The number of amides is 1. The molecule has 0 bridgehead atoms. The van der Waals surface area contributed by atoms with Crippen LogP contribution in [0.2, 0.25) is 0 Å². The van der Waals surface area contributed by atoms with Gasteiger partial charge in [-0.1, -0.05) is 31.2 Å². The van der Waals surface area contributed by atoms with E-state index in [1.807, 2.05) is 19.1 Å². The van der Waals surface area contributed by atoms with Crippen LogP contribution in [0.5, 0.6) is 0 Å². The number of nitrogens with two attached hydrogens (primary N) is 2. The number of hydrogen-bond donors (Lipinski definition) is 2. The molecule has 0 heterocycles. The second-order valence-corrected chi connectivity index (χ2v) is 5.37. The van der Waals surface area contributed by atoms with Gasteiger partial charge in [-0.25, -0.2) is 0 Å². The Morgan fingerprint density at radius 3 is 2.65 bits per heavy atom. The van der Waals surface area contributed by atoms with Crippen LogP contribution in [-0.4, -0.2) is 11.4 Å². The molecule has 3 heteroatoms. The predicted molar refractivity (Wildman–Crippen MR) is 68.4 cm³/mol. The molecule has 0 spiro atoms. The zero-order valence-corrected chi connectivity index (χ0v) is 10.3. The Morgan fingerprint density at radius 2 is 2.06 bits per heavy atom. The van der Waals surface area contributed by atoms with Crippen molar-refractivity contribution in [3.05, 3.63) is 35.4 Å². The van der Waals surface area contributed by atoms with Crippen LogP contribution in [0.1, 0.15) is 30.9 Å². The summed E-state index contributed by atoms with van der Waals surface area (Å²) < 4.78 is 0. The van der Waals surface area contributed by atoms with Crippen LogP contribution in [0, 0.1) is 5.92 Å². The van der Waals surface area contributed by atoms with Crippen LogP contribution in [0.4, 0.5) is 0 Å². The molecule has 0 radical (unpaired) electrons. The number of rotatable bonds is 5. The molecular formula is C14H20N2O. The maximum atomic E-state index is 11.0. The molecule has 1 aromatic rings. The largest absolute Gasteiger partial charge is 0.369 e. The van der Waals surface area contributed by atoms with Crippen LogP contribution in [0.3, 0.4) is 0 Å². The van der Waals surface area contributed by atoms with Gasteiger partial charge in [-0.15, -0.1) is 0 Å². The Morgan fingerprint density at radius 1 is 1.41 bits per heavy atom. The van der Waals surface area contributed by atoms with Crippen molar-refractivity contribution >= 4 is 5.91 Å². The maximum Gasteiger partial charge on any atom is 0.220 e. The summed E-state index contributed by atoms with van der Waals surface area (Å²) in [5, 5.41) is 0. The Bertz CT molecular complexity index is 424. The lowest BCUT2D eigenvalue weighted by atomic mass is 9.96.